The summed E-state index contributed by atoms with van der Waals surface area (Å²) in [6.07, 6.45) is -17.5. The highest BCUT2D eigenvalue weighted by atomic mass is 19.4. The Kier molecular flexibility index (Phi) is 8.64. The highest BCUT2D eigenvalue weighted by Crippen LogP contribution is 2.51. The van der Waals surface area contributed by atoms with Crippen LogP contribution in [0.3, 0.4) is 0 Å². The van der Waals surface area contributed by atoms with Crippen LogP contribution in [-0.4, -0.2) is 31.4 Å². The molecule has 0 aliphatic carbocycles. The Labute approximate surface area is 228 Å². The van der Waals surface area contributed by atoms with Gasteiger partial charge in [-0.25, -0.2) is 4.79 Å². The molecule has 2 aromatic rings. The van der Waals surface area contributed by atoms with E-state index in [0.29, 0.717) is 24.3 Å². The van der Waals surface area contributed by atoms with Crippen LogP contribution in [0.1, 0.15) is 54.0 Å². The zero-order chi connectivity index (χ0) is 31.1. The van der Waals surface area contributed by atoms with E-state index in [4.69, 9.17) is 15.2 Å². The van der Waals surface area contributed by atoms with E-state index in [0.717, 1.165) is 18.1 Å². The lowest BCUT2D eigenvalue weighted by Gasteiger charge is -2.51. The van der Waals surface area contributed by atoms with E-state index >= 15 is 0 Å². The van der Waals surface area contributed by atoms with E-state index < -0.39 is 76.8 Å². The molecule has 0 aromatic heterocycles. The molecule has 1 aliphatic heterocycles. The predicted molar refractivity (Wildman–Crippen MR) is 127 cm³/mol. The van der Waals surface area contributed by atoms with E-state index in [2.05, 4.69) is 0 Å². The monoisotopic (exact) mass is 600 g/mol. The number of carbonyl (C=O) groups excluding carboxylic acids is 2. The molecule has 1 aliphatic rings. The molecule has 15 heteroatoms. The minimum Gasteiger partial charge on any atom is -0.469 e. The first kappa shape index (κ1) is 32.0. The van der Waals surface area contributed by atoms with Crippen LogP contribution in [0.2, 0.25) is 0 Å². The second-order valence-electron chi connectivity index (χ2n) is 9.38. The molecule has 1 amide bonds. The number of carbonyl (C=O) groups is 2. The molecule has 0 spiro atoms. The van der Waals surface area contributed by atoms with Gasteiger partial charge < -0.3 is 15.2 Å². The Bertz CT molecular complexity index is 1280. The zero-order valence-corrected chi connectivity index (χ0v) is 21.8. The minimum absolute atomic E-state index is 0.0976. The number of fused-ring (bicyclic) bond motifs is 1. The number of amides is 1. The third kappa shape index (κ3) is 6.23. The fourth-order valence-electron chi connectivity index (χ4n) is 5.07. The first-order chi connectivity index (χ1) is 18.8. The maximum atomic E-state index is 13.7. The topological polar surface area (TPSA) is 81.9 Å². The molecule has 0 saturated carbocycles. The molecule has 1 unspecified atom stereocenters. The first-order valence-electron chi connectivity index (χ1n) is 12.1. The number of hydrogen-bond acceptors (Lipinski definition) is 5. The van der Waals surface area contributed by atoms with Crippen LogP contribution in [0.25, 0.3) is 0 Å². The third-order valence-electron chi connectivity index (χ3n) is 6.93. The van der Waals surface area contributed by atoms with Crippen molar-refractivity contribution in [1.29, 1.82) is 0 Å². The number of nitrogens with two attached hydrogens (primary N) is 1. The van der Waals surface area contributed by atoms with Gasteiger partial charge >= 0.3 is 30.6 Å². The Morgan fingerprint density at radius 2 is 1.41 bits per heavy atom. The number of halogens is 9. The molecule has 226 valence electrons. The van der Waals surface area contributed by atoms with E-state index in [9.17, 15) is 49.1 Å². The molecule has 2 N–H and O–H groups in total. The van der Waals surface area contributed by atoms with Gasteiger partial charge in [0.2, 0.25) is 0 Å². The zero-order valence-electron chi connectivity index (χ0n) is 21.8. The average molecular weight is 600 g/mol. The highest BCUT2D eigenvalue weighted by molar-refractivity contribution is 5.94. The minimum atomic E-state index is -5.20. The van der Waals surface area contributed by atoms with Gasteiger partial charge in [0.1, 0.15) is 11.6 Å². The summed E-state index contributed by atoms with van der Waals surface area (Å²) in [6.45, 7) is 2.67. The molecule has 0 fully saturated rings. The molecule has 6 nitrogen and oxygen atoms in total. The molecule has 0 saturated heterocycles. The summed E-state index contributed by atoms with van der Waals surface area (Å²) in [5.74, 6) is -4.44. The van der Waals surface area contributed by atoms with Crippen LogP contribution in [0.15, 0.2) is 36.4 Å². The summed E-state index contributed by atoms with van der Waals surface area (Å²) in [5, 5.41) is 0. The van der Waals surface area contributed by atoms with E-state index in [1.54, 1.807) is 0 Å². The van der Waals surface area contributed by atoms with Crippen molar-refractivity contribution in [1.82, 2.24) is 0 Å². The SMILES string of the molecule is CCOC(=O)N1c2ccc(C(F)(F)F)cc2[C@@H](Cc2cc(C(F)(F)F)cc(C(F)(F)F)c2)C(C(=O)OC)[C@@]1(N)CC. The Morgan fingerprint density at radius 3 is 1.85 bits per heavy atom. The number of ether oxygens (including phenoxy) is 2. The van der Waals surface area contributed by atoms with Gasteiger partial charge in [0.15, 0.2) is 0 Å². The van der Waals surface area contributed by atoms with Crippen LogP contribution in [0.4, 0.5) is 50.0 Å². The fourth-order valence-corrected chi connectivity index (χ4v) is 5.07. The number of alkyl halides is 9. The largest absolute Gasteiger partial charge is 0.469 e. The van der Waals surface area contributed by atoms with Crippen LogP contribution in [0, 0.1) is 5.92 Å². The first-order valence-corrected chi connectivity index (χ1v) is 12.1. The second-order valence-corrected chi connectivity index (χ2v) is 9.38. The highest BCUT2D eigenvalue weighted by Gasteiger charge is 2.56. The van der Waals surface area contributed by atoms with Gasteiger partial charge in [-0.05, 0) is 67.3 Å². The second kappa shape index (κ2) is 11.1. The van der Waals surface area contributed by atoms with Crippen molar-refractivity contribution in [2.45, 2.75) is 56.8 Å². The van der Waals surface area contributed by atoms with E-state index in [1.807, 2.05) is 0 Å². The van der Waals surface area contributed by atoms with Gasteiger partial charge in [0, 0.05) is 5.92 Å². The maximum absolute atomic E-state index is 13.7. The fraction of sp³-hybridized carbons (Fsp3) is 0.462. The maximum Gasteiger partial charge on any atom is 0.416 e. The number of rotatable bonds is 5. The number of nitrogens with zero attached hydrogens (tertiary/aromatic N) is 1. The molecule has 3 rings (SSSR count). The van der Waals surface area contributed by atoms with Gasteiger partial charge in [0.05, 0.1) is 36.1 Å². The van der Waals surface area contributed by atoms with Gasteiger partial charge in [-0.2, -0.15) is 39.5 Å². The van der Waals surface area contributed by atoms with Gasteiger partial charge in [0.25, 0.3) is 0 Å². The molecule has 41 heavy (non-hydrogen) atoms. The summed E-state index contributed by atoms with van der Waals surface area (Å²) in [4.78, 5) is 27.0. The molecule has 2 aromatic carbocycles. The number of methoxy groups -OCH3 is 1. The van der Waals surface area contributed by atoms with Crippen molar-refractivity contribution in [3.05, 3.63) is 64.2 Å². The van der Waals surface area contributed by atoms with E-state index in [-0.39, 0.29) is 30.3 Å². The molecule has 3 atom stereocenters. The molecule has 1 heterocycles. The van der Waals surface area contributed by atoms with Gasteiger partial charge in [-0.3, -0.25) is 9.69 Å². The van der Waals surface area contributed by atoms with Crippen LogP contribution < -0.4 is 10.6 Å². The lowest BCUT2D eigenvalue weighted by atomic mass is 9.69. The Balaban J connectivity index is 2.39. The lowest BCUT2D eigenvalue weighted by Crippen LogP contribution is -2.68. The summed E-state index contributed by atoms with van der Waals surface area (Å²) in [5.41, 5.74) is -1.25. The summed E-state index contributed by atoms with van der Waals surface area (Å²) in [7, 11) is 0.915. The quantitative estimate of drug-likeness (QED) is 0.298. The molecule has 0 radical (unpaired) electrons. The Morgan fingerprint density at radius 1 is 0.878 bits per heavy atom. The normalized spacial score (nSPS) is 21.3. The molecule has 0 bridgehead atoms. The average Bonchev–Trinajstić information content (AvgIpc) is 2.86. The standard InChI is InChI=1S/C26H25F9N2O4/c1-4-23(36)20(21(38)40-3)18(10-13-8-15(25(30,31)32)11-16(9-13)26(33,34)35)17-12-14(24(27,28)29)6-7-19(17)37(23)22(39)41-5-2/h6-9,11-12,18,20H,4-5,10,36H2,1-3H3/t18-,20?,23-/m1/s1. The lowest BCUT2D eigenvalue weighted by molar-refractivity contribution is -0.150. The summed E-state index contributed by atoms with van der Waals surface area (Å²) in [6, 6.07) is 2.83. The smallest absolute Gasteiger partial charge is 0.416 e. The summed E-state index contributed by atoms with van der Waals surface area (Å²) < 4.78 is 132. The van der Waals surface area contributed by atoms with Crippen molar-refractivity contribution in [2.75, 3.05) is 18.6 Å². The van der Waals surface area contributed by atoms with Crippen LogP contribution >= 0.6 is 0 Å². The summed E-state index contributed by atoms with van der Waals surface area (Å²) >= 11 is 0. The molecular formula is C26H25F9N2O4. The number of esters is 1. The van der Waals surface area contributed by atoms with Gasteiger partial charge in [-0.15, -0.1) is 0 Å². The predicted octanol–water partition coefficient (Wildman–Crippen LogP) is 6.90. The van der Waals surface area contributed by atoms with Crippen molar-refractivity contribution in [3.63, 3.8) is 0 Å². The van der Waals surface area contributed by atoms with Crippen molar-refractivity contribution < 1.29 is 58.6 Å². The van der Waals surface area contributed by atoms with E-state index in [1.165, 1.54) is 13.8 Å². The number of benzene rings is 2. The third-order valence-corrected chi connectivity index (χ3v) is 6.93. The van der Waals surface area contributed by atoms with Crippen LogP contribution in [-0.2, 0) is 39.2 Å². The van der Waals surface area contributed by atoms with Crippen molar-refractivity contribution >= 4 is 17.7 Å². The van der Waals surface area contributed by atoms with Crippen molar-refractivity contribution in [2.24, 2.45) is 11.7 Å². The number of hydrogen-bond donors (Lipinski definition) is 1. The Hall–Kier alpha value is -3.49. The number of anilines is 1. The molecular weight excluding hydrogens is 575 g/mol. The van der Waals surface area contributed by atoms with Gasteiger partial charge in [-0.1, -0.05) is 6.92 Å². The van der Waals surface area contributed by atoms with Crippen molar-refractivity contribution in [3.8, 4) is 0 Å². The van der Waals surface area contributed by atoms with Crippen LogP contribution in [0.5, 0.6) is 0 Å².